The van der Waals surface area contributed by atoms with E-state index in [1.165, 1.54) is 0 Å². The largest absolute Gasteiger partial charge is 0.489 e. The van der Waals surface area contributed by atoms with Gasteiger partial charge in [-0.2, -0.15) is 4.98 Å². The molecule has 8 heteroatoms. The van der Waals surface area contributed by atoms with Crippen molar-refractivity contribution in [3.63, 3.8) is 0 Å². The molecule has 2 aromatic carbocycles. The van der Waals surface area contributed by atoms with Crippen LogP contribution in [-0.4, -0.2) is 45.3 Å². The molecule has 1 fully saturated rings. The van der Waals surface area contributed by atoms with Gasteiger partial charge in [0.15, 0.2) is 0 Å². The first-order valence-corrected chi connectivity index (χ1v) is 10.9. The quantitative estimate of drug-likeness (QED) is 0.573. The first-order valence-electron chi connectivity index (χ1n) is 10.9. The third-order valence-electron chi connectivity index (χ3n) is 6.16. The Hall–Kier alpha value is -3.39. The number of rotatable bonds is 6. The first kappa shape index (κ1) is 20.5. The minimum atomic E-state index is -0.0394. The highest BCUT2D eigenvalue weighted by atomic mass is 16.5. The molecule has 32 heavy (non-hydrogen) atoms. The highest BCUT2D eigenvalue weighted by Crippen LogP contribution is 2.49. The van der Waals surface area contributed by atoms with Crippen LogP contribution in [0.2, 0.25) is 0 Å². The van der Waals surface area contributed by atoms with Gasteiger partial charge in [-0.15, -0.1) is 0 Å². The topological polar surface area (TPSA) is 115 Å². The Bertz CT molecular complexity index is 1170. The lowest BCUT2D eigenvalue weighted by molar-refractivity contribution is -0.129. The third kappa shape index (κ3) is 3.40. The Morgan fingerprint density at radius 3 is 2.88 bits per heavy atom. The molecule has 2 aliphatic rings. The van der Waals surface area contributed by atoms with Crippen LogP contribution in [0.5, 0.6) is 5.75 Å². The number of benzene rings is 2. The minimum absolute atomic E-state index is 0.00395. The number of nitrogen functional groups attached to an aromatic ring is 1. The van der Waals surface area contributed by atoms with Crippen molar-refractivity contribution < 1.29 is 19.2 Å². The number of aliphatic hydroxyl groups excluding tert-OH is 1. The fraction of sp³-hybridized carbons (Fsp3) is 0.375. The zero-order valence-corrected chi connectivity index (χ0v) is 18.1. The van der Waals surface area contributed by atoms with Crippen LogP contribution in [0.3, 0.4) is 0 Å². The molecule has 0 radical (unpaired) electrons. The number of aromatic nitrogens is 2. The number of likely N-dealkylation sites (tertiary alicyclic amines) is 1. The molecule has 0 bridgehead atoms. The minimum Gasteiger partial charge on any atom is -0.489 e. The monoisotopic (exact) mass is 434 g/mol. The van der Waals surface area contributed by atoms with Gasteiger partial charge in [0.05, 0.1) is 24.4 Å². The molecule has 0 spiro atoms. The summed E-state index contributed by atoms with van der Waals surface area (Å²) >= 11 is 0. The van der Waals surface area contributed by atoms with Gasteiger partial charge in [0, 0.05) is 24.1 Å². The number of hydrogen-bond donors (Lipinski definition) is 2. The van der Waals surface area contributed by atoms with E-state index in [1.54, 1.807) is 11.0 Å². The summed E-state index contributed by atoms with van der Waals surface area (Å²) in [6.45, 7) is 4.21. The number of nitrogens with zero attached hydrogens (tertiary/aromatic N) is 3. The molecule has 3 N–H and O–H groups in total. The van der Waals surface area contributed by atoms with Crippen LogP contribution in [-0.2, 0) is 11.2 Å². The number of fused-ring (bicyclic) bond motifs is 3. The Labute approximate surface area is 186 Å². The molecular weight excluding hydrogens is 408 g/mol. The van der Waals surface area contributed by atoms with Gasteiger partial charge in [0.1, 0.15) is 5.75 Å². The van der Waals surface area contributed by atoms with Crippen LogP contribution in [0.4, 0.5) is 5.69 Å². The van der Waals surface area contributed by atoms with Gasteiger partial charge in [0.2, 0.25) is 11.7 Å². The molecule has 5 rings (SSSR count). The van der Waals surface area contributed by atoms with Crippen molar-refractivity contribution in [1.29, 1.82) is 0 Å². The molecule has 3 aromatic rings. The van der Waals surface area contributed by atoms with Crippen LogP contribution in [0, 0.1) is 5.92 Å². The van der Waals surface area contributed by atoms with E-state index in [0.717, 1.165) is 28.7 Å². The summed E-state index contributed by atoms with van der Waals surface area (Å²) in [6.07, 6.45) is 1.31. The summed E-state index contributed by atoms with van der Waals surface area (Å²) in [5.74, 6) is 1.84. The number of amides is 1. The van der Waals surface area contributed by atoms with Crippen LogP contribution in [0.1, 0.15) is 37.4 Å². The number of β-amino-alcohol motifs (C(OH)–C–C–N with tert-alkyl or cyclic N) is 1. The molecule has 1 aliphatic heterocycles. The van der Waals surface area contributed by atoms with Gasteiger partial charge in [-0.1, -0.05) is 23.4 Å². The SMILES string of the molecule is CC(C)Oc1ccc(-c2nc(-c3cccc4c3CC3CC(=O)N(CCO)C43)no2)cc1N. The van der Waals surface area contributed by atoms with E-state index < -0.39 is 0 Å². The number of ether oxygens (including phenoxy) is 1. The van der Waals surface area contributed by atoms with Crippen LogP contribution in [0.15, 0.2) is 40.9 Å². The number of aliphatic hydroxyl groups is 1. The van der Waals surface area contributed by atoms with Crippen molar-refractivity contribution in [2.45, 2.75) is 38.8 Å². The van der Waals surface area contributed by atoms with E-state index >= 15 is 0 Å². The van der Waals surface area contributed by atoms with E-state index in [4.69, 9.17) is 15.0 Å². The fourth-order valence-electron chi connectivity index (χ4n) is 4.91. The molecule has 1 saturated heterocycles. The normalized spacial score (nSPS) is 19.5. The second-order valence-electron chi connectivity index (χ2n) is 8.64. The Kier molecular flexibility index (Phi) is 5.09. The van der Waals surface area contributed by atoms with Crippen molar-refractivity contribution in [2.75, 3.05) is 18.9 Å². The maximum Gasteiger partial charge on any atom is 0.258 e. The lowest BCUT2D eigenvalue weighted by atomic mass is 10.0. The second kappa shape index (κ2) is 7.94. The molecule has 1 aromatic heterocycles. The molecule has 1 amide bonds. The molecule has 0 saturated carbocycles. The van der Waals surface area contributed by atoms with Crippen LogP contribution in [0.25, 0.3) is 22.8 Å². The highest BCUT2D eigenvalue weighted by molar-refractivity contribution is 5.81. The van der Waals surface area contributed by atoms with E-state index in [0.29, 0.717) is 36.1 Å². The summed E-state index contributed by atoms with van der Waals surface area (Å²) in [4.78, 5) is 18.8. The first-order chi connectivity index (χ1) is 15.5. The van der Waals surface area contributed by atoms with Gasteiger partial charge in [-0.05, 0) is 55.5 Å². The van der Waals surface area contributed by atoms with Crippen molar-refractivity contribution in [3.8, 4) is 28.6 Å². The summed E-state index contributed by atoms with van der Waals surface area (Å²) in [6, 6.07) is 11.4. The van der Waals surface area contributed by atoms with Crippen molar-refractivity contribution in [1.82, 2.24) is 15.0 Å². The fourth-order valence-corrected chi connectivity index (χ4v) is 4.91. The van der Waals surface area contributed by atoms with Gasteiger partial charge in [0.25, 0.3) is 5.89 Å². The smallest absolute Gasteiger partial charge is 0.258 e. The van der Waals surface area contributed by atoms with Gasteiger partial charge >= 0.3 is 0 Å². The van der Waals surface area contributed by atoms with E-state index in [2.05, 4.69) is 16.2 Å². The maximum absolute atomic E-state index is 12.4. The van der Waals surface area contributed by atoms with E-state index in [-0.39, 0.29) is 30.6 Å². The molecule has 2 unspecified atom stereocenters. The molecule has 1 aliphatic carbocycles. The van der Waals surface area contributed by atoms with Gasteiger partial charge in [-0.25, -0.2) is 0 Å². The van der Waals surface area contributed by atoms with Crippen molar-refractivity contribution in [3.05, 3.63) is 47.5 Å². The van der Waals surface area contributed by atoms with E-state index in [1.807, 2.05) is 38.1 Å². The molecule has 8 nitrogen and oxygen atoms in total. The Morgan fingerprint density at radius 2 is 2.12 bits per heavy atom. The molecule has 166 valence electrons. The van der Waals surface area contributed by atoms with Crippen LogP contribution < -0.4 is 10.5 Å². The number of anilines is 1. The highest BCUT2D eigenvalue weighted by Gasteiger charge is 2.46. The Morgan fingerprint density at radius 1 is 1.28 bits per heavy atom. The zero-order chi connectivity index (χ0) is 22.4. The summed E-state index contributed by atoms with van der Waals surface area (Å²) in [5.41, 5.74) is 10.5. The average molecular weight is 434 g/mol. The number of hydrogen-bond acceptors (Lipinski definition) is 7. The zero-order valence-electron chi connectivity index (χ0n) is 18.1. The predicted molar refractivity (Wildman–Crippen MR) is 119 cm³/mol. The summed E-state index contributed by atoms with van der Waals surface area (Å²) in [7, 11) is 0. The molecule has 2 atom stereocenters. The lowest BCUT2D eigenvalue weighted by Crippen LogP contribution is -2.30. The second-order valence-corrected chi connectivity index (χ2v) is 8.64. The molecule has 2 heterocycles. The average Bonchev–Trinajstić information content (AvgIpc) is 3.44. The van der Waals surface area contributed by atoms with E-state index in [9.17, 15) is 9.90 Å². The standard InChI is InChI=1S/C24H26N4O4/c1-13(2)31-20-7-6-14(11-19(20)25)24-26-23(27-32-24)17-5-3-4-16-18(17)10-15-12-21(30)28(8-9-29)22(15)16/h3-7,11,13,15,22,29H,8-10,12,25H2,1-2H3. The molecular formula is C24H26N4O4. The number of carbonyl (C=O) groups excluding carboxylic acids is 1. The Balaban J connectivity index is 1.46. The summed E-state index contributed by atoms with van der Waals surface area (Å²) in [5, 5.41) is 13.6. The van der Waals surface area contributed by atoms with Gasteiger partial charge in [-0.3, -0.25) is 4.79 Å². The van der Waals surface area contributed by atoms with Crippen molar-refractivity contribution in [2.24, 2.45) is 5.92 Å². The summed E-state index contributed by atoms with van der Waals surface area (Å²) < 4.78 is 11.3. The maximum atomic E-state index is 12.4. The van der Waals surface area contributed by atoms with Crippen molar-refractivity contribution >= 4 is 11.6 Å². The predicted octanol–water partition coefficient (Wildman–Crippen LogP) is 3.21. The number of nitrogens with two attached hydrogens (primary N) is 1. The lowest BCUT2D eigenvalue weighted by Gasteiger charge is -2.24. The third-order valence-corrected chi connectivity index (χ3v) is 6.16. The van der Waals surface area contributed by atoms with Crippen LogP contribution >= 0.6 is 0 Å². The number of carbonyl (C=O) groups is 1. The van der Waals surface area contributed by atoms with Gasteiger partial charge < -0.3 is 25.0 Å².